The summed E-state index contributed by atoms with van der Waals surface area (Å²) in [6.45, 7) is 0.967. The zero-order chi connectivity index (χ0) is 17.9. The van der Waals surface area contributed by atoms with Crippen LogP contribution in [0.15, 0.2) is 52.8 Å². The van der Waals surface area contributed by atoms with Gasteiger partial charge in [-0.15, -0.1) is 11.3 Å². The molecule has 1 aliphatic rings. The molecule has 1 atom stereocenters. The lowest BCUT2D eigenvalue weighted by Crippen LogP contribution is -2.29. The molecule has 3 heteroatoms. The summed E-state index contributed by atoms with van der Waals surface area (Å²) in [7, 11) is 0. The van der Waals surface area contributed by atoms with E-state index in [-0.39, 0.29) is 6.04 Å². The number of nitrogens with one attached hydrogen (secondary N) is 1. The average molecular weight is 369 g/mol. The Morgan fingerprint density at radius 2 is 1.46 bits per heavy atom. The topological polar surface area (TPSA) is 24.4 Å². The van der Waals surface area contributed by atoms with Gasteiger partial charge in [0.2, 0.25) is 0 Å². The Kier molecular flexibility index (Phi) is 8.24. The second kappa shape index (κ2) is 11.2. The minimum atomic E-state index is 0.214. The third kappa shape index (κ3) is 6.28. The van der Waals surface area contributed by atoms with Crippen molar-refractivity contribution in [2.75, 3.05) is 6.54 Å². The molecule has 2 heterocycles. The molecule has 0 amide bonds. The molecule has 1 unspecified atom stereocenters. The summed E-state index contributed by atoms with van der Waals surface area (Å²) < 4.78 is 0. The zero-order valence-electron chi connectivity index (χ0n) is 15.8. The van der Waals surface area contributed by atoms with Crippen LogP contribution in [0.25, 0.3) is 0 Å². The first-order valence-corrected chi connectivity index (χ1v) is 11.2. The van der Waals surface area contributed by atoms with Crippen molar-refractivity contribution in [3.05, 3.63) is 58.3 Å². The minimum absolute atomic E-state index is 0.214. The van der Waals surface area contributed by atoms with Crippen LogP contribution in [0.1, 0.15) is 80.7 Å². The fraction of sp³-hybridized carbons (Fsp3) is 0.522. The van der Waals surface area contributed by atoms with Crippen LogP contribution in [0.3, 0.4) is 0 Å². The average Bonchev–Trinajstić information content (AvgIpc) is 3.21. The van der Waals surface area contributed by atoms with E-state index in [2.05, 4.69) is 53.2 Å². The molecule has 0 fully saturated rings. The Morgan fingerprint density at radius 1 is 0.769 bits per heavy atom. The van der Waals surface area contributed by atoms with E-state index < -0.39 is 0 Å². The molecule has 1 aromatic carbocycles. The first-order chi connectivity index (χ1) is 12.9. The van der Waals surface area contributed by atoms with Gasteiger partial charge in [0.05, 0.1) is 11.9 Å². The molecule has 140 valence electrons. The van der Waals surface area contributed by atoms with Crippen LogP contribution in [0.4, 0.5) is 0 Å². The molecule has 1 aliphatic heterocycles. The lowest BCUT2D eigenvalue weighted by Gasteiger charge is -2.21. The largest absolute Gasteiger partial charge is 0.362 e. The van der Waals surface area contributed by atoms with E-state index >= 15 is 0 Å². The summed E-state index contributed by atoms with van der Waals surface area (Å²) in [5.74, 6) is 1.20. The molecule has 0 saturated carbocycles. The third-order valence-electron chi connectivity index (χ3n) is 5.15. The maximum absolute atomic E-state index is 4.97. The standard InChI is InChI=1S/C23H32N2S/c1-2-4-6-11-17-22(24-18-12-7-5-3-1)25-23(21-16-13-19-26-21)20-14-9-8-10-15-20/h8-10,13-16,19,23H,1-7,11-12,17-18H2,(H,24,25). The van der Waals surface area contributed by atoms with Crippen LogP contribution in [0.2, 0.25) is 0 Å². The molecule has 2 nitrogen and oxygen atoms in total. The van der Waals surface area contributed by atoms with E-state index in [1.165, 1.54) is 74.1 Å². The smallest absolute Gasteiger partial charge is 0.0970 e. The first kappa shape index (κ1) is 19.2. The Bertz CT molecular complexity index is 633. The lowest BCUT2D eigenvalue weighted by atomic mass is 10.0. The maximum Gasteiger partial charge on any atom is 0.0970 e. The van der Waals surface area contributed by atoms with Gasteiger partial charge in [0.25, 0.3) is 0 Å². The zero-order valence-corrected chi connectivity index (χ0v) is 16.6. The van der Waals surface area contributed by atoms with E-state index in [1.54, 1.807) is 0 Å². The van der Waals surface area contributed by atoms with Crippen molar-refractivity contribution in [1.82, 2.24) is 5.32 Å². The van der Waals surface area contributed by atoms with Crippen LogP contribution in [0.5, 0.6) is 0 Å². The normalized spacial score (nSPS) is 18.7. The molecule has 0 aliphatic carbocycles. The summed E-state index contributed by atoms with van der Waals surface area (Å²) in [4.78, 5) is 6.34. The van der Waals surface area contributed by atoms with Gasteiger partial charge in [-0.3, -0.25) is 4.99 Å². The maximum atomic E-state index is 4.97. The number of thiophene rings is 1. The van der Waals surface area contributed by atoms with Gasteiger partial charge in [0.1, 0.15) is 0 Å². The highest BCUT2D eigenvalue weighted by molar-refractivity contribution is 7.10. The van der Waals surface area contributed by atoms with Crippen LogP contribution in [-0.4, -0.2) is 12.4 Å². The molecule has 26 heavy (non-hydrogen) atoms. The van der Waals surface area contributed by atoms with Crippen molar-refractivity contribution in [2.45, 2.75) is 70.3 Å². The predicted molar refractivity (Wildman–Crippen MR) is 114 cm³/mol. The molecule has 0 radical (unpaired) electrons. The Balaban J connectivity index is 1.71. The van der Waals surface area contributed by atoms with Crippen LogP contribution in [-0.2, 0) is 0 Å². The van der Waals surface area contributed by atoms with Crippen LogP contribution >= 0.6 is 11.3 Å². The fourth-order valence-corrected chi connectivity index (χ4v) is 4.44. The van der Waals surface area contributed by atoms with E-state index in [0.717, 1.165) is 13.0 Å². The van der Waals surface area contributed by atoms with Crippen LogP contribution < -0.4 is 5.32 Å². The van der Waals surface area contributed by atoms with Gasteiger partial charge < -0.3 is 5.32 Å². The summed E-state index contributed by atoms with van der Waals surface area (Å²) >= 11 is 1.82. The number of benzene rings is 1. The number of aliphatic imine (C=N–C) groups is 1. The van der Waals surface area contributed by atoms with E-state index in [0.29, 0.717) is 0 Å². The van der Waals surface area contributed by atoms with E-state index in [9.17, 15) is 0 Å². The summed E-state index contributed by atoms with van der Waals surface area (Å²) in [6, 6.07) is 15.4. The quantitative estimate of drug-likeness (QED) is 0.637. The van der Waals surface area contributed by atoms with Crippen molar-refractivity contribution in [3.63, 3.8) is 0 Å². The monoisotopic (exact) mass is 368 g/mol. The molecule has 2 aromatic rings. The van der Waals surface area contributed by atoms with Gasteiger partial charge in [-0.05, 0) is 29.9 Å². The van der Waals surface area contributed by atoms with Crippen molar-refractivity contribution in [3.8, 4) is 0 Å². The molecule has 1 N–H and O–H groups in total. The molecular weight excluding hydrogens is 336 g/mol. The van der Waals surface area contributed by atoms with Gasteiger partial charge in [-0.2, -0.15) is 0 Å². The number of hydrogen-bond donors (Lipinski definition) is 1. The third-order valence-corrected chi connectivity index (χ3v) is 6.08. The SMILES string of the molecule is c1ccc(C(NC2=NCCCCCCCCCCC2)c2cccs2)cc1. The van der Waals surface area contributed by atoms with Gasteiger partial charge in [0.15, 0.2) is 0 Å². The van der Waals surface area contributed by atoms with Crippen molar-refractivity contribution < 1.29 is 0 Å². The molecule has 0 spiro atoms. The van der Waals surface area contributed by atoms with Gasteiger partial charge in [-0.1, -0.05) is 81.3 Å². The minimum Gasteiger partial charge on any atom is -0.362 e. The fourth-order valence-electron chi connectivity index (χ4n) is 3.64. The molecule has 0 bridgehead atoms. The predicted octanol–water partition coefficient (Wildman–Crippen LogP) is 6.74. The molecule has 0 saturated heterocycles. The highest BCUT2D eigenvalue weighted by Crippen LogP contribution is 2.26. The van der Waals surface area contributed by atoms with Gasteiger partial charge >= 0.3 is 0 Å². The lowest BCUT2D eigenvalue weighted by molar-refractivity contribution is 0.567. The van der Waals surface area contributed by atoms with Crippen molar-refractivity contribution in [1.29, 1.82) is 0 Å². The number of nitrogens with zero attached hydrogens (tertiary/aromatic N) is 1. The number of rotatable bonds is 3. The molecule has 1 aromatic heterocycles. The second-order valence-electron chi connectivity index (χ2n) is 7.26. The highest BCUT2D eigenvalue weighted by atomic mass is 32.1. The van der Waals surface area contributed by atoms with Gasteiger partial charge in [-0.25, -0.2) is 0 Å². The Hall–Kier alpha value is -1.61. The Labute approximate surface area is 162 Å². The number of amidine groups is 1. The molecular formula is C23H32N2S. The second-order valence-corrected chi connectivity index (χ2v) is 8.24. The van der Waals surface area contributed by atoms with E-state index in [1.807, 2.05) is 11.3 Å². The summed E-state index contributed by atoms with van der Waals surface area (Å²) in [6.07, 6.45) is 13.2. The van der Waals surface area contributed by atoms with Crippen molar-refractivity contribution in [2.24, 2.45) is 4.99 Å². The highest BCUT2D eigenvalue weighted by Gasteiger charge is 2.16. The van der Waals surface area contributed by atoms with Gasteiger partial charge in [0, 0.05) is 17.8 Å². The van der Waals surface area contributed by atoms with E-state index in [4.69, 9.17) is 4.99 Å². The first-order valence-electron chi connectivity index (χ1n) is 10.3. The summed E-state index contributed by atoms with van der Waals surface area (Å²) in [5.41, 5.74) is 1.32. The number of hydrogen-bond acceptors (Lipinski definition) is 3. The van der Waals surface area contributed by atoms with Crippen LogP contribution in [0, 0.1) is 0 Å². The Morgan fingerprint density at radius 3 is 2.15 bits per heavy atom. The summed E-state index contributed by atoms with van der Waals surface area (Å²) in [5, 5.41) is 5.97. The van der Waals surface area contributed by atoms with Crippen molar-refractivity contribution >= 4 is 17.2 Å². The molecule has 3 rings (SSSR count).